The molecule has 2 aliphatic rings. The number of hydrogen-bond donors (Lipinski definition) is 0. The van der Waals surface area contributed by atoms with E-state index in [1.54, 1.807) is 0 Å². The van der Waals surface area contributed by atoms with Gasteiger partial charge in [-0.15, -0.1) is 0 Å². The zero-order chi connectivity index (χ0) is 6.48. The molecule has 0 radical (unpaired) electrons. The van der Waals surface area contributed by atoms with Crippen LogP contribution in [0.1, 0.15) is 39.5 Å². The minimum atomic E-state index is 0.805. The standard InChI is InChI=1S/C9H16/c1-7-6-9(2)5-3-4-8(7)9/h7-8H,3-6H2,1-2H3/t7?,8-,9?/m1/s1. The van der Waals surface area contributed by atoms with E-state index in [0.717, 1.165) is 17.3 Å². The van der Waals surface area contributed by atoms with E-state index in [1.807, 2.05) is 0 Å². The fraction of sp³-hybridized carbons (Fsp3) is 1.00. The molecule has 0 aromatic heterocycles. The Labute approximate surface area is 57.6 Å². The van der Waals surface area contributed by atoms with Crippen LogP contribution >= 0.6 is 0 Å². The molecule has 0 spiro atoms. The van der Waals surface area contributed by atoms with E-state index in [-0.39, 0.29) is 0 Å². The first-order valence-electron chi connectivity index (χ1n) is 4.22. The van der Waals surface area contributed by atoms with Crippen LogP contribution in [-0.2, 0) is 0 Å². The van der Waals surface area contributed by atoms with Crippen molar-refractivity contribution in [1.82, 2.24) is 0 Å². The van der Waals surface area contributed by atoms with Gasteiger partial charge >= 0.3 is 0 Å². The van der Waals surface area contributed by atoms with Crippen molar-refractivity contribution >= 4 is 0 Å². The lowest BCUT2D eigenvalue weighted by Gasteiger charge is -2.48. The van der Waals surface area contributed by atoms with Crippen molar-refractivity contribution in [3.63, 3.8) is 0 Å². The zero-order valence-electron chi connectivity index (χ0n) is 6.48. The van der Waals surface area contributed by atoms with Crippen LogP contribution in [0.4, 0.5) is 0 Å². The van der Waals surface area contributed by atoms with Crippen LogP contribution in [-0.4, -0.2) is 0 Å². The summed E-state index contributed by atoms with van der Waals surface area (Å²) >= 11 is 0. The minimum Gasteiger partial charge on any atom is -0.0622 e. The van der Waals surface area contributed by atoms with Gasteiger partial charge in [0.25, 0.3) is 0 Å². The molecule has 0 heterocycles. The number of rotatable bonds is 0. The first-order valence-corrected chi connectivity index (χ1v) is 4.22. The van der Waals surface area contributed by atoms with Gasteiger partial charge in [-0.2, -0.15) is 0 Å². The molecule has 0 aromatic rings. The molecular formula is C9H16. The van der Waals surface area contributed by atoms with Crippen molar-refractivity contribution in [3.05, 3.63) is 0 Å². The summed E-state index contributed by atoms with van der Waals surface area (Å²) in [5.41, 5.74) is 0.805. The monoisotopic (exact) mass is 124 g/mol. The topological polar surface area (TPSA) is 0 Å². The van der Waals surface area contributed by atoms with Gasteiger partial charge < -0.3 is 0 Å². The summed E-state index contributed by atoms with van der Waals surface area (Å²) in [7, 11) is 0. The quantitative estimate of drug-likeness (QED) is 0.466. The van der Waals surface area contributed by atoms with Crippen LogP contribution < -0.4 is 0 Å². The third kappa shape index (κ3) is 0.595. The maximum atomic E-state index is 2.48. The molecule has 52 valence electrons. The highest BCUT2D eigenvalue weighted by atomic mass is 14.5. The second kappa shape index (κ2) is 1.53. The van der Waals surface area contributed by atoms with Gasteiger partial charge in [0.1, 0.15) is 0 Å². The lowest BCUT2D eigenvalue weighted by Crippen LogP contribution is -2.40. The Morgan fingerprint density at radius 2 is 2.22 bits per heavy atom. The Kier molecular flexibility index (Phi) is 0.980. The zero-order valence-corrected chi connectivity index (χ0v) is 6.48. The fourth-order valence-corrected chi connectivity index (χ4v) is 3.20. The molecule has 0 heteroatoms. The maximum absolute atomic E-state index is 2.48. The van der Waals surface area contributed by atoms with E-state index >= 15 is 0 Å². The molecule has 2 unspecified atom stereocenters. The van der Waals surface area contributed by atoms with Crippen LogP contribution in [0.3, 0.4) is 0 Å². The van der Waals surface area contributed by atoms with Gasteiger partial charge in [-0.1, -0.05) is 20.3 Å². The van der Waals surface area contributed by atoms with Crippen molar-refractivity contribution in [2.24, 2.45) is 17.3 Å². The summed E-state index contributed by atoms with van der Waals surface area (Å²) in [5, 5.41) is 0. The summed E-state index contributed by atoms with van der Waals surface area (Å²) in [5.74, 6) is 2.16. The second-order valence-corrected chi connectivity index (χ2v) is 4.33. The van der Waals surface area contributed by atoms with Crippen LogP contribution in [0.15, 0.2) is 0 Å². The average molecular weight is 124 g/mol. The molecule has 0 amide bonds. The van der Waals surface area contributed by atoms with E-state index in [9.17, 15) is 0 Å². The number of hydrogen-bond acceptors (Lipinski definition) is 0. The second-order valence-electron chi connectivity index (χ2n) is 4.33. The Balaban J connectivity index is 2.13. The molecule has 2 aliphatic carbocycles. The van der Waals surface area contributed by atoms with Crippen LogP contribution in [0.2, 0.25) is 0 Å². The summed E-state index contributed by atoms with van der Waals surface area (Å²) in [6, 6.07) is 0. The van der Waals surface area contributed by atoms with Gasteiger partial charge in [0.05, 0.1) is 0 Å². The van der Waals surface area contributed by atoms with Crippen molar-refractivity contribution < 1.29 is 0 Å². The van der Waals surface area contributed by atoms with Gasteiger partial charge in [-0.05, 0) is 36.5 Å². The smallest absolute Gasteiger partial charge is 0.0292 e. The first kappa shape index (κ1) is 5.76. The fourth-order valence-electron chi connectivity index (χ4n) is 3.20. The normalized spacial score (nSPS) is 56.7. The molecule has 0 aliphatic heterocycles. The highest BCUT2D eigenvalue weighted by Gasteiger charge is 2.50. The predicted octanol–water partition coefficient (Wildman–Crippen LogP) is 2.83. The highest BCUT2D eigenvalue weighted by molar-refractivity contribution is 5.00. The van der Waals surface area contributed by atoms with Crippen LogP contribution in [0.5, 0.6) is 0 Å². The average Bonchev–Trinajstić information content (AvgIpc) is 2.06. The SMILES string of the molecule is CC1CC2(C)CCC[C@H]12. The van der Waals surface area contributed by atoms with Gasteiger partial charge in [-0.3, -0.25) is 0 Å². The molecule has 3 atom stereocenters. The lowest BCUT2D eigenvalue weighted by molar-refractivity contribution is 0.0148. The molecule has 0 N–H and O–H groups in total. The predicted molar refractivity (Wildman–Crippen MR) is 39.2 cm³/mol. The van der Waals surface area contributed by atoms with E-state index in [4.69, 9.17) is 0 Å². The van der Waals surface area contributed by atoms with Crippen molar-refractivity contribution in [2.45, 2.75) is 39.5 Å². The maximum Gasteiger partial charge on any atom is -0.0292 e. The Hall–Kier alpha value is 0. The minimum absolute atomic E-state index is 0.805. The molecule has 2 fully saturated rings. The van der Waals surface area contributed by atoms with Crippen molar-refractivity contribution in [3.8, 4) is 0 Å². The molecule has 2 saturated carbocycles. The largest absolute Gasteiger partial charge is 0.0622 e. The van der Waals surface area contributed by atoms with E-state index in [0.29, 0.717) is 0 Å². The molecule has 0 saturated heterocycles. The summed E-state index contributed by atoms with van der Waals surface area (Å²) in [4.78, 5) is 0. The number of fused-ring (bicyclic) bond motifs is 1. The van der Waals surface area contributed by atoms with Gasteiger partial charge in [0.2, 0.25) is 0 Å². The summed E-state index contributed by atoms with van der Waals surface area (Å²) < 4.78 is 0. The Morgan fingerprint density at radius 3 is 2.67 bits per heavy atom. The van der Waals surface area contributed by atoms with Gasteiger partial charge in [0.15, 0.2) is 0 Å². The summed E-state index contributed by atoms with van der Waals surface area (Å²) in [6.45, 7) is 4.89. The van der Waals surface area contributed by atoms with Gasteiger partial charge in [-0.25, -0.2) is 0 Å². The van der Waals surface area contributed by atoms with E-state index in [1.165, 1.54) is 25.7 Å². The highest BCUT2D eigenvalue weighted by Crippen LogP contribution is 2.60. The summed E-state index contributed by atoms with van der Waals surface area (Å²) in [6.07, 6.45) is 6.06. The Morgan fingerprint density at radius 1 is 1.44 bits per heavy atom. The van der Waals surface area contributed by atoms with Crippen LogP contribution in [0, 0.1) is 17.3 Å². The molecule has 0 nitrogen and oxygen atoms in total. The Bertz CT molecular complexity index is 128. The molecule has 0 aromatic carbocycles. The third-order valence-electron chi connectivity index (χ3n) is 3.63. The molecular weight excluding hydrogens is 108 g/mol. The third-order valence-corrected chi connectivity index (χ3v) is 3.63. The van der Waals surface area contributed by atoms with E-state index < -0.39 is 0 Å². The van der Waals surface area contributed by atoms with Crippen molar-refractivity contribution in [2.75, 3.05) is 0 Å². The van der Waals surface area contributed by atoms with Gasteiger partial charge in [0, 0.05) is 0 Å². The van der Waals surface area contributed by atoms with Crippen LogP contribution in [0.25, 0.3) is 0 Å². The molecule has 9 heavy (non-hydrogen) atoms. The van der Waals surface area contributed by atoms with Crippen molar-refractivity contribution in [1.29, 1.82) is 0 Å². The first-order chi connectivity index (χ1) is 4.22. The van der Waals surface area contributed by atoms with E-state index in [2.05, 4.69) is 13.8 Å². The lowest BCUT2D eigenvalue weighted by atomic mass is 9.57. The molecule has 2 rings (SSSR count). The molecule has 0 bridgehead atoms.